The summed E-state index contributed by atoms with van der Waals surface area (Å²) >= 11 is 0. The topological polar surface area (TPSA) is 63.6 Å². The molecule has 1 N–H and O–H groups in total. The predicted molar refractivity (Wildman–Crippen MR) is 71.4 cm³/mol. The minimum absolute atomic E-state index is 0.0887. The molecule has 4 nitrogen and oxygen atoms in total. The second-order valence-corrected chi connectivity index (χ2v) is 5.66. The molecule has 0 aliphatic carbocycles. The number of rotatable bonds is 4. The van der Waals surface area contributed by atoms with Crippen LogP contribution in [-0.4, -0.2) is 13.5 Å². The zero-order valence-electron chi connectivity index (χ0n) is 10.4. The van der Waals surface area contributed by atoms with Crippen LogP contribution in [0.15, 0.2) is 53.4 Å². The summed E-state index contributed by atoms with van der Waals surface area (Å²) in [6, 6.07) is 12.9. The van der Waals surface area contributed by atoms with E-state index < -0.39 is 10.1 Å². The standard InChI is InChI=1S/C14H14O4S/c1-11-6-8-13(9-7-11)19(16,17)18-14-5-3-2-4-12(14)10-15/h2-9,15H,10H2,1H3. The minimum Gasteiger partial charge on any atom is -0.392 e. The number of aliphatic hydroxyl groups excluding tert-OH is 1. The highest BCUT2D eigenvalue weighted by molar-refractivity contribution is 7.87. The summed E-state index contributed by atoms with van der Waals surface area (Å²) in [5.74, 6) is 0.144. The Balaban J connectivity index is 2.34. The predicted octanol–water partition coefficient (Wildman–Crippen LogP) is 2.26. The Morgan fingerprint density at radius 2 is 1.68 bits per heavy atom. The summed E-state index contributed by atoms with van der Waals surface area (Å²) in [5, 5.41) is 9.15. The zero-order valence-corrected chi connectivity index (χ0v) is 11.2. The molecular formula is C14H14O4S. The molecule has 0 bridgehead atoms. The van der Waals surface area contributed by atoms with Crippen molar-refractivity contribution in [1.82, 2.24) is 0 Å². The van der Waals surface area contributed by atoms with Gasteiger partial charge in [-0.3, -0.25) is 0 Å². The third-order valence-electron chi connectivity index (χ3n) is 2.65. The van der Waals surface area contributed by atoms with Crippen molar-refractivity contribution in [2.24, 2.45) is 0 Å². The van der Waals surface area contributed by atoms with Gasteiger partial charge >= 0.3 is 10.1 Å². The Morgan fingerprint density at radius 3 is 2.32 bits per heavy atom. The van der Waals surface area contributed by atoms with Gasteiger partial charge in [0.1, 0.15) is 10.6 Å². The van der Waals surface area contributed by atoms with Gasteiger partial charge in [0.25, 0.3) is 0 Å². The van der Waals surface area contributed by atoms with Gasteiger partial charge in [-0.25, -0.2) is 0 Å². The van der Waals surface area contributed by atoms with Gasteiger partial charge in [-0.1, -0.05) is 35.9 Å². The summed E-state index contributed by atoms with van der Waals surface area (Å²) < 4.78 is 29.2. The highest BCUT2D eigenvalue weighted by atomic mass is 32.2. The fourth-order valence-electron chi connectivity index (χ4n) is 1.59. The largest absolute Gasteiger partial charge is 0.392 e. The van der Waals surface area contributed by atoms with Crippen LogP contribution in [0.4, 0.5) is 0 Å². The minimum atomic E-state index is -3.87. The SMILES string of the molecule is Cc1ccc(S(=O)(=O)Oc2ccccc2CO)cc1. The maximum absolute atomic E-state index is 12.1. The van der Waals surface area contributed by atoms with Crippen LogP contribution in [0.3, 0.4) is 0 Å². The second-order valence-electron chi connectivity index (χ2n) is 4.12. The fraction of sp³-hybridized carbons (Fsp3) is 0.143. The number of aryl methyl sites for hydroxylation is 1. The third kappa shape index (κ3) is 3.13. The first-order valence-corrected chi connectivity index (χ1v) is 7.13. The molecule has 0 unspecified atom stereocenters. The van der Waals surface area contributed by atoms with Crippen LogP contribution in [0.25, 0.3) is 0 Å². The smallest absolute Gasteiger partial charge is 0.339 e. The van der Waals surface area contributed by atoms with E-state index in [4.69, 9.17) is 9.29 Å². The molecular weight excluding hydrogens is 264 g/mol. The fourth-order valence-corrected chi connectivity index (χ4v) is 2.55. The van der Waals surface area contributed by atoms with Crippen molar-refractivity contribution >= 4 is 10.1 Å². The lowest BCUT2D eigenvalue weighted by Crippen LogP contribution is -2.11. The maximum atomic E-state index is 12.1. The molecule has 0 saturated heterocycles. The molecule has 2 aromatic rings. The monoisotopic (exact) mass is 278 g/mol. The maximum Gasteiger partial charge on any atom is 0.339 e. The van der Waals surface area contributed by atoms with E-state index in [2.05, 4.69) is 0 Å². The molecule has 100 valence electrons. The summed E-state index contributed by atoms with van der Waals surface area (Å²) in [7, 11) is -3.87. The molecule has 2 aromatic carbocycles. The van der Waals surface area contributed by atoms with E-state index in [9.17, 15) is 8.42 Å². The lowest BCUT2D eigenvalue weighted by molar-refractivity contribution is 0.278. The number of hydrogen-bond donors (Lipinski definition) is 1. The quantitative estimate of drug-likeness (QED) is 0.871. The highest BCUT2D eigenvalue weighted by Crippen LogP contribution is 2.23. The molecule has 0 spiro atoms. The van der Waals surface area contributed by atoms with Gasteiger partial charge in [0, 0.05) is 5.56 Å². The van der Waals surface area contributed by atoms with Crippen molar-refractivity contribution in [2.45, 2.75) is 18.4 Å². The molecule has 5 heteroatoms. The van der Waals surface area contributed by atoms with Gasteiger partial charge < -0.3 is 9.29 Å². The summed E-state index contributed by atoms with van der Waals surface area (Å²) in [4.78, 5) is 0.0887. The van der Waals surface area contributed by atoms with E-state index in [1.807, 2.05) is 6.92 Å². The van der Waals surface area contributed by atoms with E-state index >= 15 is 0 Å². The zero-order chi connectivity index (χ0) is 13.9. The molecule has 0 aromatic heterocycles. The Morgan fingerprint density at radius 1 is 1.05 bits per heavy atom. The lowest BCUT2D eigenvalue weighted by Gasteiger charge is -2.10. The van der Waals surface area contributed by atoms with Crippen molar-refractivity contribution in [1.29, 1.82) is 0 Å². The first-order valence-electron chi connectivity index (χ1n) is 5.73. The Hall–Kier alpha value is -1.85. The molecule has 0 amide bonds. The number of benzene rings is 2. The molecule has 0 aliphatic rings. The Labute approximate surface area is 112 Å². The molecule has 2 rings (SSSR count). The van der Waals surface area contributed by atoms with Crippen molar-refractivity contribution in [3.05, 3.63) is 59.7 Å². The van der Waals surface area contributed by atoms with E-state index in [1.165, 1.54) is 18.2 Å². The number of para-hydroxylation sites is 1. The molecule has 19 heavy (non-hydrogen) atoms. The van der Waals surface area contributed by atoms with Crippen molar-refractivity contribution < 1.29 is 17.7 Å². The molecule has 0 radical (unpaired) electrons. The van der Waals surface area contributed by atoms with Gasteiger partial charge in [0.2, 0.25) is 0 Å². The molecule has 0 heterocycles. The van der Waals surface area contributed by atoms with Crippen LogP contribution in [-0.2, 0) is 16.7 Å². The lowest BCUT2D eigenvalue weighted by atomic mass is 10.2. The van der Waals surface area contributed by atoms with Gasteiger partial charge in [-0.15, -0.1) is 0 Å². The van der Waals surface area contributed by atoms with Crippen LogP contribution < -0.4 is 4.18 Å². The molecule has 0 atom stereocenters. The average molecular weight is 278 g/mol. The van der Waals surface area contributed by atoms with Gasteiger partial charge in [-0.05, 0) is 25.1 Å². The van der Waals surface area contributed by atoms with Crippen molar-refractivity contribution in [3.63, 3.8) is 0 Å². The van der Waals surface area contributed by atoms with E-state index in [0.717, 1.165) is 5.56 Å². The first-order chi connectivity index (χ1) is 9.03. The Bertz CT molecular complexity index is 660. The highest BCUT2D eigenvalue weighted by Gasteiger charge is 2.17. The van der Waals surface area contributed by atoms with Crippen LogP contribution in [0, 0.1) is 6.92 Å². The van der Waals surface area contributed by atoms with Crippen molar-refractivity contribution in [2.75, 3.05) is 0 Å². The molecule has 0 aliphatic heterocycles. The average Bonchev–Trinajstić information content (AvgIpc) is 2.39. The first kappa shape index (κ1) is 13.6. The summed E-state index contributed by atoms with van der Waals surface area (Å²) in [5.41, 5.74) is 1.40. The van der Waals surface area contributed by atoms with Crippen molar-refractivity contribution in [3.8, 4) is 5.75 Å². The number of hydrogen-bond acceptors (Lipinski definition) is 4. The van der Waals surface area contributed by atoms with Crippen LogP contribution in [0.2, 0.25) is 0 Å². The third-order valence-corrected chi connectivity index (χ3v) is 3.90. The van der Waals surface area contributed by atoms with E-state index in [1.54, 1.807) is 30.3 Å². The van der Waals surface area contributed by atoms with Crippen LogP contribution in [0.5, 0.6) is 5.75 Å². The van der Waals surface area contributed by atoms with Crippen LogP contribution in [0.1, 0.15) is 11.1 Å². The second kappa shape index (κ2) is 5.42. The number of aliphatic hydroxyl groups is 1. The van der Waals surface area contributed by atoms with E-state index in [-0.39, 0.29) is 17.3 Å². The molecule has 0 fully saturated rings. The van der Waals surface area contributed by atoms with Crippen LogP contribution >= 0.6 is 0 Å². The molecule has 0 saturated carbocycles. The summed E-state index contributed by atoms with van der Waals surface area (Å²) in [6.45, 7) is 1.60. The van der Waals surface area contributed by atoms with Gasteiger partial charge in [-0.2, -0.15) is 8.42 Å². The summed E-state index contributed by atoms with van der Waals surface area (Å²) in [6.07, 6.45) is 0. The van der Waals surface area contributed by atoms with E-state index in [0.29, 0.717) is 5.56 Å². The van der Waals surface area contributed by atoms with Gasteiger partial charge in [0.15, 0.2) is 0 Å². The normalized spacial score (nSPS) is 11.3. The Kier molecular flexibility index (Phi) is 3.87. The van der Waals surface area contributed by atoms with Gasteiger partial charge in [0.05, 0.1) is 6.61 Å².